The highest BCUT2D eigenvalue weighted by molar-refractivity contribution is 7.18. The lowest BCUT2D eigenvalue weighted by Gasteiger charge is -2.02. The Kier molecular flexibility index (Phi) is 4.38. The summed E-state index contributed by atoms with van der Waals surface area (Å²) in [5.74, 6) is -0.315. The fraction of sp³-hybridized carbons (Fsp3) is 0. The third kappa shape index (κ3) is 3.27. The third-order valence-electron chi connectivity index (χ3n) is 2.86. The van der Waals surface area contributed by atoms with E-state index < -0.39 is 0 Å². The second-order valence-electron chi connectivity index (χ2n) is 4.35. The Morgan fingerprint density at radius 1 is 1.00 bits per heavy atom. The number of aromatic nitrogens is 2. The number of benzene rings is 2. The van der Waals surface area contributed by atoms with Gasteiger partial charge in [-0.15, -0.1) is 10.2 Å². The molecule has 0 bridgehead atoms. The molecule has 4 nitrogen and oxygen atoms in total. The summed E-state index contributed by atoms with van der Waals surface area (Å²) in [5.41, 5.74) is 1.28. The molecule has 0 saturated heterocycles. The van der Waals surface area contributed by atoms with Crippen molar-refractivity contribution in [2.45, 2.75) is 0 Å². The molecule has 1 heterocycles. The van der Waals surface area contributed by atoms with E-state index in [-0.39, 0.29) is 5.91 Å². The lowest BCUT2D eigenvalue weighted by Crippen LogP contribution is -2.12. The van der Waals surface area contributed by atoms with Crippen LogP contribution in [0.15, 0.2) is 48.5 Å². The summed E-state index contributed by atoms with van der Waals surface area (Å²) >= 11 is 13.1. The number of rotatable bonds is 3. The van der Waals surface area contributed by atoms with E-state index in [1.54, 1.807) is 36.4 Å². The highest BCUT2D eigenvalue weighted by Gasteiger charge is 2.13. The number of halogens is 2. The first-order valence-corrected chi connectivity index (χ1v) is 7.86. The van der Waals surface area contributed by atoms with Crippen LogP contribution in [0.4, 0.5) is 5.13 Å². The molecule has 0 saturated carbocycles. The normalized spacial score (nSPS) is 10.5. The minimum Gasteiger partial charge on any atom is -0.296 e. The van der Waals surface area contributed by atoms with Gasteiger partial charge >= 0.3 is 0 Å². The van der Waals surface area contributed by atoms with Gasteiger partial charge in [-0.25, -0.2) is 0 Å². The van der Waals surface area contributed by atoms with Gasteiger partial charge < -0.3 is 0 Å². The van der Waals surface area contributed by atoms with E-state index in [4.69, 9.17) is 23.2 Å². The van der Waals surface area contributed by atoms with Crippen LogP contribution in [0.1, 0.15) is 10.4 Å². The second-order valence-corrected chi connectivity index (χ2v) is 6.17. The molecule has 1 N–H and O–H groups in total. The molecular formula is C15H9Cl2N3OS. The Labute approximate surface area is 140 Å². The lowest BCUT2D eigenvalue weighted by molar-refractivity contribution is 0.102. The van der Waals surface area contributed by atoms with Crippen LogP contribution in [-0.2, 0) is 0 Å². The Bertz CT molecular complexity index is 818. The first-order chi connectivity index (χ1) is 10.6. The van der Waals surface area contributed by atoms with Crippen LogP contribution < -0.4 is 5.32 Å². The Morgan fingerprint density at radius 2 is 1.73 bits per heavy atom. The van der Waals surface area contributed by atoms with Crippen molar-refractivity contribution in [3.63, 3.8) is 0 Å². The molecule has 2 aromatic carbocycles. The van der Waals surface area contributed by atoms with Crippen LogP contribution >= 0.6 is 34.5 Å². The Morgan fingerprint density at radius 3 is 2.45 bits per heavy atom. The fourth-order valence-corrected chi connectivity index (χ4v) is 2.88. The molecule has 0 spiro atoms. The molecule has 0 aliphatic heterocycles. The smallest absolute Gasteiger partial charge is 0.259 e. The third-order valence-corrected chi connectivity index (χ3v) is 4.32. The number of nitrogens with zero attached hydrogens (tertiary/aromatic N) is 2. The van der Waals surface area contributed by atoms with Gasteiger partial charge in [0, 0.05) is 10.6 Å². The summed E-state index contributed by atoms with van der Waals surface area (Å²) in [4.78, 5) is 12.2. The van der Waals surface area contributed by atoms with E-state index in [0.29, 0.717) is 25.7 Å². The van der Waals surface area contributed by atoms with E-state index in [2.05, 4.69) is 15.5 Å². The largest absolute Gasteiger partial charge is 0.296 e. The monoisotopic (exact) mass is 349 g/mol. The van der Waals surface area contributed by atoms with E-state index in [0.717, 1.165) is 5.56 Å². The molecule has 0 atom stereocenters. The highest BCUT2D eigenvalue weighted by Crippen LogP contribution is 2.28. The van der Waals surface area contributed by atoms with Crippen molar-refractivity contribution < 1.29 is 4.79 Å². The first-order valence-electron chi connectivity index (χ1n) is 6.29. The fourth-order valence-electron chi connectivity index (χ4n) is 1.79. The van der Waals surface area contributed by atoms with Gasteiger partial charge in [0.2, 0.25) is 5.13 Å². The van der Waals surface area contributed by atoms with Crippen LogP contribution in [0.3, 0.4) is 0 Å². The van der Waals surface area contributed by atoms with Crippen molar-refractivity contribution in [1.82, 2.24) is 10.2 Å². The molecule has 0 radical (unpaired) electrons. The topological polar surface area (TPSA) is 54.9 Å². The maximum Gasteiger partial charge on any atom is 0.259 e. The average Bonchev–Trinajstić information content (AvgIpc) is 2.97. The minimum atomic E-state index is -0.315. The molecule has 7 heteroatoms. The molecule has 1 amide bonds. The molecule has 0 fully saturated rings. The number of nitrogens with one attached hydrogen (secondary N) is 1. The van der Waals surface area contributed by atoms with E-state index in [1.165, 1.54) is 11.3 Å². The Hall–Kier alpha value is -1.95. The predicted octanol–water partition coefficient (Wildman–Crippen LogP) is 4.76. The molecule has 0 unspecified atom stereocenters. The van der Waals surface area contributed by atoms with Gasteiger partial charge in [-0.3, -0.25) is 10.1 Å². The summed E-state index contributed by atoms with van der Waals surface area (Å²) in [6.07, 6.45) is 0. The second kappa shape index (κ2) is 6.44. The SMILES string of the molecule is O=C(Nc1nnc(-c2ccc(Cl)cc2)s1)c1ccccc1Cl. The Balaban J connectivity index is 1.78. The first kappa shape index (κ1) is 15.0. The molecular weight excluding hydrogens is 341 g/mol. The molecule has 110 valence electrons. The number of hydrogen-bond acceptors (Lipinski definition) is 4. The highest BCUT2D eigenvalue weighted by atomic mass is 35.5. The van der Waals surface area contributed by atoms with Crippen LogP contribution in [-0.4, -0.2) is 16.1 Å². The van der Waals surface area contributed by atoms with Gasteiger partial charge in [0.05, 0.1) is 10.6 Å². The average molecular weight is 350 g/mol. The zero-order chi connectivity index (χ0) is 15.5. The van der Waals surface area contributed by atoms with E-state index in [9.17, 15) is 4.79 Å². The maximum absolute atomic E-state index is 12.2. The van der Waals surface area contributed by atoms with Gasteiger partial charge in [0.15, 0.2) is 0 Å². The van der Waals surface area contributed by atoms with Crippen molar-refractivity contribution in [1.29, 1.82) is 0 Å². The predicted molar refractivity (Wildman–Crippen MR) is 89.8 cm³/mol. The molecule has 1 aromatic heterocycles. The van der Waals surface area contributed by atoms with Gasteiger partial charge in [-0.2, -0.15) is 0 Å². The van der Waals surface area contributed by atoms with Crippen molar-refractivity contribution in [2.24, 2.45) is 0 Å². The summed E-state index contributed by atoms with van der Waals surface area (Å²) in [6, 6.07) is 14.1. The lowest BCUT2D eigenvalue weighted by atomic mass is 10.2. The van der Waals surface area contributed by atoms with Crippen molar-refractivity contribution >= 4 is 45.6 Å². The van der Waals surface area contributed by atoms with Crippen LogP contribution in [0.25, 0.3) is 10.6 Å². The molecule has 0 aliphatic rings. The standard InChI is InChI=1S/C15H9Cl2N3OS/c16-10-7-5-9(6-8-10)14-19-20-15(22-14)18-13(21)11-3-1-2-4-12(11)17/h1-8H,(H,18,20,21). The van der Waals surface area contributed by atoms with E-state index in [1.807, 2.05) is 12.1 Å². The summed E-state index contributed by atoms with van der Waals surface area (Å²) < 4.78 is 0. The summed E-state index contributed by atoms with van der Waals surface area (Å²) in [7, 11) is 0. The van der Waals surface area contributed by atoms with Gasteiger partial charge in [0.1, 0.15) is 5.01 Å². The number of amides is 1. The van der Waals surface area contributed by atoms with Gasteiger partial charge in [-0.05, 0) is 24.3 Å². The van der Waals surface area contributed by atoms with Crippen LogP contribution in [0, 0.1) is 0 Å². The maximum atomic E-state index is 12.2. The minimum absolute atomic E-state index is 0.315. The number of carbonyl (C=O) groups excluding carboxylic acids is 1. The van der Waals surface area contributed by atoms with E-state index >= 15 is 0 Å². The zero-order valence-electron chi connectivity index (χ0n) is 11.1. The summed E-state index contributed by atoms with van der Waals surface area (Å²) in [6.45, 7) is 0. The van der Waals surface area contributed by atoms with Gasteiger partial charge in [0.25, 0.3) is 5.91 Å². The number of anilines is 1. The quantitative estimate of drug-likeness (QED) is 0.741. The van der Waals surface area contributed by atoms with Crippen molar-refractivity contribution in [2.75, 3.05) is 5.32 Å². The van der Waals surface area contributed by atoms with Crippen LogP contribution in [0.5, 0.6) is 0 Å². The van der Waals surface area contributed by atoms with Crippen molar-refractivity contribution in [3.8, 4) is 10.6 Å². The number of hydrogen-bond donors (Lipinski definition) is 1. The van der Waals surface area contributed by atoms with Crippen LogP contribution in [0.2, 0.25) is 10.0 Å². The zero-order valence-corrected chi connectivity index (χ0v) is 13.4. The van der Waals surface area contributed by atoms with Crippen molar-refractivity contribution in [3.05, 3.63) is 64.1 Å². The molecule has 3 aromatic rings. The molecule has 0 aliphatic carbocycles. The summed E-state index contributed by atoms with van der Waals surface area (Å²) in [5, 5.41) is 12.9. The number of carbonyl (C=O) groups is 1. The molecule has 22 heavy (non-hydrogen) atoms. The van der Waals surface area contributed by atoms with Gasteiger partial charge in [-0.1, -0.05) is 58.8 Å². The molecule has 3 rings (SSSR count).